The van der Waals surface area contributed by atoms with Gasteiger partial charge in [-0.15, -0.1) is 0 Å². The number of aromatic carboxylic acids is 1. The van der Waals surface area contributed by atoms with Gasteiger partial charge < -0.3 is 20.3 Å². The average molecular weight is 246 g/mol. The summed E-state index contributed by atoms with van der Waals surface area (Å²) in [5.41, 5.74) is 0.540. The number of carboxylic acid groups (broad SMARTS) is 1. The Balaban J connectivity index is 2.43. The molecule has 94 valence electrons. The molecule has 0 saturated heterocycles. The van der Waals surface area contributed by atoms with Crippen LogP contribution in [0.1, 0.15) is 17.0 Å². The van der Waals surface area contributed by atoms with Gasteiger partial charge >= 0.3 is 0 Å². The number of para-hydroxylation sites is 1. The second-order valence-corrected chi connectivity index (χ2v) is 3.70. The number of benzene rings is 1. The van der Waals surface area contributed by atoms with E-state index < -0.39 is 5.97 Å². The van der Waals surface area contributed by atoms with E-state index in [1.807, 2.05) is 6.07 Å². The number of aliphatic hydroxyl groups is 1. The summed E-state index contributed by atoms with van der Waals surface area (Å²) in [6.07, 6.45) is 0.555. The van der Waals surface area contributed by atoms with Gasteiger partial charge in [-0.3, -0.25) is 0 Å². The number of anilines is 1. The van der Waals surface area contributed by atoms with Crippen molar-refractivity contribution in [2.45, 2.75) is 6.42 Å². The summed E-state index contributed by atoms with van der Waals surface area (Å²) in [5, 5.41) is 23.3. The highest BCUT2D eigenvalue weighted by Crippen LogP contribution is 2.19. The standard InChI is InChI=1S/C12H13N3O3/c16-7-3-6-13-10-8-4-1-2-5-9(8)14-11(15-10)12(17)18/h1-2,4-5,16H,3,6-7H2,(H,17,18)(H,13,14,15)/p-1. The van der Waals surface area contributed by atoms with Gasteiger partial charge in [0.2, 0.25) is 0 Å². The minimum atomic E-state index is -1.41. The topological polar surface area (TPSA) is 98.2 Å². The summed E-state index contributed by atoms with van der Waals surface area (Å²) < 4.78 is 0. The summed E-state index contributed by atoms with van der Waals surface area (Å²) >= 11 is 0. The first kappa shape index (κ1) is 12.3. The predicted octanol–water partition coefficient (Wildman–Crippen LogP) is -0.212. The molecule has 0 aliphatic rings. The molecule has 1 aromatic heterocycles. The van der Waals surface area contributed by atoms with Crippen molar-refractivity contribution >= 4 is 22.7 Å². The SMILES string of the molecule is O=C([O-])c1nc(NCCCO)c2ccccc2n1. The number of aliphatic hydroxyl groups excluding tert-OH is 1. The molecule has 0 bridgehead atoms. The molecular formula is C12H12N3O3-. The Morgan fingerprint density at radius 2 is 2.11 bits per heavy atom. The Labute approximate surface area is 103 Å². The largest absolute Gasteiger partial charge is 0.542 e. The monoisotopic (exact) mass is 246 g/mol. The zero-order valence-electron chi connectivity index (χ0n) is 9.59. The molecule has 2 rings (SSSR count). The van der Waals surface area contributed by atoms with Gasteiger partial charge in [0, 0.05) is 18.5 Å². The van der Waals surface area contributed by atoms with Crippen molar-refractivity contribution in [3.63, 3.8) is 0 Å². The number of rotatable bonds is 5. The zero-order chi connectivity index (χ0) is 13.0. The van der Waals surface area contributed by atoms with Crippen LogP contribution in [0.25, 0.3) is 10.9 Å². The number of nitrogens with zero attached hydrogens (tertiary/aromatic N) is 2. The molecule has 0 spiro atoms. The molecule has 0 radical (unpaired) electrons. The number of carboxylic acids is 1. The van der Waals surface area contributed by atoms with Gasteiger partial charge in [-0.25, -0.2) is 9.97 Å². The van der Waals surface area contributed by atoms with Gasteiger partial charge in [0.25, 0.3) is 0 Å². The van der Waals surface area contributed by atoms with Crippen LogP contribution in [-0.2, 0) is 0 Å². The molecular weight excluding hydrogens is 234 g/mol. The first-order chi connectivity index (χ1) is 8.72. The first-order valence-electron chi connectivity index (χ1n) is 5.55. The van der Waals surface area contributed by atoms with E-state index in [1.165, 1.54) is 0 Å². The summed E-state index contributed by atoms with van der Waals surface area (Å²) in [5.74, 6) is -1.32. The average Bonchev–Trinajstić information content (AvgIpc) is 2.38. The van der Waals surface area contributed by atoms with Crippen molar-refractivity contribution in [2.24, 2.45) is 0 Å². The highest BCUT2D eigenvalue weighted by molar-refractivity contribution is 5.92. The molecule has 1 heterocycles. The molecule has 1 aromatic carbocycles. The molecule has 0 amide bonds. The number of hydrogen-bond acceptors (Lipinski definition) is 6. The van der Waals surface area contributed by atoms with E-state index in [-0.39, 0.29) is 12.4 Å². The first-order valence-corrected chi connectivity index (χ1v) is 5.55. The van der Waals surface area contributed by atoms with Crippen molar-refractivity contribution in [2.75, 3.05) is 18.5 Å². The number of carbonyl (C=O) groups is 1. The van der Waals surface area contributed by atoms with Crippen molar-refractivity contribution in [1.82, 2.24) is 9.97 Å². The van der Waals surface area contributed by atoms with Crippen LogP contribution >= 0.6 is 0 Å². The van der Waals surface area contributed by atoms with Crippen LogP contribution in [-0.4, -0.2) is 34.2 Å². The summed E-state index contributed by atoms with van der Waals surface area (Å²) in [7, 11) is 0. The van der Waals surface area contributed by atoms with Gasteiger partial charge in [-0.05, 0) is 18.6 Å². The number of carbonyl (C=O) groups excluding carboxylic acids is 1. The van der Waals surface area contributed by atoms with Crippen LogP contribution in [0.2, 0.25) is 0 Å². The lowest BCUT2D eigenvalue weighted by molar-refractivity contribution is -0.256. The molecule has 0 saturated carbocycles. The van der Waals surface area contributed by atoms with Crippen molar-refractivity contribution in [3.8, 4) is 0 Å². The highest BCUT2D eigenvalue weighted by Gasteiger charge is 2.07. The fraction of sp³-hybridized carbons (Fsp3) is 0.250. The maximum absolute atomic E-state index is 10.8. The molecule has 6 nitrogen and oxygen atoms in total. The van der Waals surface area contributed by atoms with Crippen LogP contribution in [0.5, 0.6) is 0 Å². The Morgan fingerprint density at radius 1 is 1.33 bits per heavy atom. The lowest BCUT2D eigenvalue weighted by Gasteiger charge is -2.10. The summed E-state index contributed by atoms with van der Waals surface area (Å²) in [4.78, 5) is 18.6. The van der Waals surface area contributed by atoms with Crippen LogP contribution in [0.4, 0.5) is 5.82 Å². The van der Waals surface area contributed by atoms with Crippen molar-refractivity contribution in [3.05, 3.63) is 30.1 Å². The lowest BCUT2D eigenvalue weighted by Crippen LogP contribution is -2.25. The van der Waals surface area contributed by atoms with E-state index in [2.05, 4.69) is 15.3 Å². The van der Waals surface area contributed by atoms with E-state index in [0.717, 1.165) is 5.39 Å². The minimum absolute atomic E-state index is 0.0589. The Hall–Kier alpha value is -2.21. The molecule has 2 aromatic rings. The molecule has 0 unspecified atom stereocenters. The Kier molecular flexibility index (Phi) is 3.69. The van der Waals surface area contributed by atoms with Crippen molar-refractivity contribution in [1.29, 1.82) is 0 Å². The van der Waals surface area contributed by atoms with E-state index >= 15 is 0 Å². The third kappa shape index (κ3) is 2.54. The summed E-state index contributed by atoms with van der Waals surface area (Å²) in [6.45, 7) is 0.563. The fourth-order valence-electron chi connectivity index (χ4n) is 1.59. The van der Waals surface area contributed by atoms with Gasteiger partial charge in [0.1, 0.15) is 11.8 Å². The summed E-state index contributed by atoms with van der Waals surface area (Å²) in [6, 6.07) is 7.10. The molecule has 2 N–H and O–H groups in total. The number of aromatic nitrogens is 2. The fourth-order valence-corrected chi connectivity index (χ4v) is 1.59. The van der Waals surface area contributed by atoms with Crippen LogP contribution in [0.3, 0.4) is 0 Å². The molecule has 0 aliphatic carbocycles. The number of fused-ring (bicyclic) bond motifs is 1. The Bertz CT molecular complexity index is 571. The van der Waals surface area contributed by atoms with Crippen LogP contribution in [0, 0.1) is 0 Å². The second-order valence-electron chi connectivity index (χ2n) is 3.70. The minimum Gasteiger partial charge on any atom is -0.542 e. The van der Waals surface area contributed by atoms with E-state index in [1.54, 1.807) is 18.2 Å². The van der Waals surface area contributed by atoms with E-state index in [0.29, 0.717) is 24.3 Å². The van der Waals surface area contributed by atoms with Crippen molar-refractivity contribution < 1.29 is 15.0 Å². The quantitative estimate of drug-likeness (QED) is 0.708. The number of nitrogens with one attached hydrogen (secondary N) is 1. The zero-order valence-corrected chi connectivity index (χ0v) is 9.59. The third-order valence-corrected chi connectivity index (χ3v) is 2.41. The van der Waals surface area contributed by atoms with Gasteiger partial charge in [0.15, 0.2) is 5.82 Å². The van der Waals surface area contributed by atoms with Gasteiger partial charge in [-0.1, -0.05) is 12.1 Å². The number of hydrogen-bond donors (Lipinski definition) is 2. The lowest BCUT2D eigenvalue weighted by atomic mass is 10.2. The maximum atomic E-state index is 10.8. The molecule has 6 heteroatoms. The Morgan fingerprint density at radius 3 is 2.83 bits per heavy atom. The van der Waals surface area contributed by atoms with E-state index in [4.69, 9.17) is 5.11 Å². The smallest absolute Gasteiger partial charge is 0.177 e. The van der Waals surface area contributed by atoms with Gasteiger partial charge in [-0.2, -0.15) is 0 Å². The highest BCUT2D eigenvalue weighted by atomic mass is 16.4. The molecule has 18 heavy (non-hydrogen) atoms. The van der Waals surface area contributed by atoms with Crippen LogP contribution in [0.15, 0.2) is 24.3 Å². The van der Waals surface area contributed by atoms with E-state index in [9.17, 15) is 9.90 Å². The van der Waals surface area contributed by atoms with Gasteiger partial charge in [0.05, 0.1) is 5.52 Å². The second kappa shape index (κ2) is 5.42. The third-order valence-electron chi connectivity index (χ3n) is 2.41. The predicted molar refractivity (Wildman–Crippen MR) is 64.1 cm³/mol. The molecule has 0 atom stereocenters. The molecule has 0 fully saturated rings. The maximum Gasteiger partial charge on any atom is 0.177 e. The molecule has 0 aliphatic heterocycles. The normalized spacial score (nSPS) is 10.5. The van der Waals surface area contributed by atoms with Crippen LogP contribution < -0.4 is 10.4 Å².